The first-order chi connectivity index (χ1) is 23.6. The van der Waals surface area contributed by atoms with Gasteiger partial charge in [-0.2, -0.15) is 5.10 Å². The lowest BCUT2D eigenvalue weighted by Gasteiger charge is -2.27. The summed E-state index contributed by atoms with van der Waals surface area (Å²) in [7, 11) is 0. The topological polar surface area (TPSA) is 122 Å². The number of hydrogen-bond acceptors (Lipinski definition) is 7. The number of aromatic nitrogens is 4. The number of Topliss-reactive ketones (excluding diaryl/α,β-unsaturated/α-hetero) is 1. The van der Waals surface area contributed by atoms with E-state index in [4.69, 9.17) is 16.7 Å². The van der Waals surface area contributed by atoms with Gasteiger partial charge >= 0.3 is 0 Å². The van der Waals surface area contributed by atoms with Gasteiger partial charge in [0, 0.05) is 60.4 Å². The Bertz CT molecular complexity index is 1980. The summed E-state index contributed by atoms with van der Waals surface area (Å²) in [5.41, 5.74) is 3.65. The van der Waals surface area contributed by atoms with Crippen LogP contribution < -0.4 is 10.6 Å². The minimum atomic E-state index is -0.723. The van der Waals surface area contributed by atoms with Gasteiger partial charge in [-0.05, 0) is 81.3 Å². The second kappa shape index (κ2) is 13.4. The number of piperidine rings is 1. The van der Waals surface area contributed by atoms with Crippen LogP contribution in [0.4, 0.5) is 4.39 Å². The second-order valence-corrected chi connectivity index (χ2v) is 13.9. The SMILES string of the molecule is CC(=O)c1nn2c3c(cc(-c4cnc(C)nc4)cc13)C/C=C/CCCCNC[C@@]13C[C@@H](C(=O)NCc4cccc(Cl)c4F)N(C(=O)C2)[C@@H]1C3. The fourth-order valence-electron chi connectivity index (χ4n) is 7.48. The Morgan fingerprint density at radius 1 is 1.12 bits per heavy atom. The standard InChI is InChI=1S/C37H39ClFN7O3/c1-22(47)34-28-14-26(27-18-41-23(2)42-19-27)13-24-9-6-4-3-5-7-12-40-21-37-15-30(36(49)43-17-25-10-8-11-29(38)33(25)39)46(31(37)16-37)32(48)20-45(44-34)35(24)28/h4,6,8,10-11,13-14,18-19,30-31,40H,3,5,7,9,12,15-17,20-21H2,1-2H3,(H,43,49)/b6-4+/t30-,31+,37-/m0/s1. The molecule has 2 aliphatic heterocycles. The highest BCUT2D eigenvalue weighted by molar-refractivity contribution is 6.30. The van der Waals surface area contributed by atoms with Gasteiger partial charge in [0.2, 0.25) is 11.8 Å². The normalized spacial score (nSPS) is 23.2. The van der Waals surface area contributed by atoms with Crippen LogP contribution in [0.15, 0.2) is 54.9 Å². The van der Waals surface area contributed by atoms with Crippen molar-refractivity contribution in [3.8, 4) is 11.1 Å². The lowest BCUT2D eigenvalue weighted by molar-refractivity contribution is -0.140. The Labute approximate surface area is 289 Å². The molecule has 254 valence electrons. The van der Waals surface area contributed by atoms with Crippen molar-refractivity contribution in [2.45, 2.75) is 77.5 Å². The van der Waals surface area contributed by atoms with Crippen molar-refractivity contribution in [3.63, 3.8) is 0 Å². The minimum absolute atomic E-state index is 0.0130. The summed E-state index contributed by atoms with van der Waals surface area (Å²) >= 11 is 5.97. The molecule has 2 aromatic carbocycles. The zero-order chi connectivity index (χ0) is 34.3. The van der Waals surface area contributed by atoms with Crippen LogP contribution in [0, 0.1) is 18.2 Å². The number of benzene rings is 2. The van der Waals surface area contributed by atoms with Gasteiger partial charge in [0.1, 0.15) is 29.9 Å². The Hall–Kier alpha value is -4.48. The smallest absolute Gasteiger partial charge is 0.245 e. The molecule has 0 spiro atoms. The first-order valence-corrected chi connectivity index (χ1v) is 17.2. The zero-order valence-electron chi connectivity index (χ0n) is 27.6. The molecule has 4 aromatic rings. The van der Waals surface area contributed by atoms with Crippen LogP contribution in [0.3, 0.4) is 0 Å². The summed E-state index contributed by atoms with van der Waals surface area (Å²) in [6.07, 6.45) is 12.7. The van der Waals surface area contributed by atoms with Crippen molar-refractivity contribution >= 4 is 40.1 Å². The maximum Gasteiger partial charge on any atom is 0.245 e. The number of hydrogen-bond donors (Lipinski definition) is 2. The highest BCUT2D eigenvalue weighted by Gasteiger charge is 2.66. The summed E-state index contributed by atoms with van der Waals surface area (Å²) in [4.78, 5) is 51.5. The molecular formula is C37H39ClFN7O3. The molecule has 3 aliphatic rings. The molecule has 3 atom stereocenters. The van der Waals surface area contributed by atoms with Gasteiger partial charge < -0.3 is 15.5 Å². The fraction of sp³-hybridized carbons (Fsp3) is 0.405. The number of nitrogens with one attached hydrogen (secondary N) is 2. The molecular weight excluding hydrogens is 645 g/mol. The first-order valence-electron chi connectivity index (χ1n) is 16.9. The third kappa shape index (κ3) is 6.49. The highest BCUT2D eigenvalue weighted by atomic mass is 35.5. The summed E-state index contributed by atoms with van der Waals surface area (Å²) < 4.78 is 16.3. The van der Waals surface area contributed by atoms with Gasteiger partial charge in [-0.15, -0.1) is 0 Å². The first kappa shape index (κ1) is 33.0. The molecule has 0 unspecified atom stereocenters. The van der Waals surface area contributed by atoms with Gasteiger partial charge in [0.05, 0.1) is 10.5 Å². The molecule has 2 bridgehead atoms. The van der Waals surface area contributed by atoms with Crippen LogP contribution in [0.5, 0.6) is 0 Å². The van der Waals surface area contributed by atoms with E-state index < -0.39 is 11.9 Å². The molecule has 4 heterocycles. The number of halogens is 2. The second-order valence-electron chi connectivity index (χ2n) is 13.5. The van der Waals surface area contributed by atoms with Crippen LogP contribution in [-0.4, -0.2) is 67.4 Å². The maximum absolute atomic E-state index is 14.6. The number of allylic oxidation sites excluding steroid dienone is 2. The predicted molar refractivity (Wildman–Crippen MR) is 184 cm³/mol. The van der Waals surface area contributed by atoms with Crippen molar-refractivity contribution in [2.24, 2.45) is 5.41 Å². The van der Waals surface area contributed by atoms with E-state index in [1.807, 2.05) is 13.0 Å². The summed E-state index contributed by atoms with van der Waals surface area (Å²) in [6, 6.07) is 7.82. The van der Waals surface area contributed by atoms with Crippen molar-refractivity contribution in [2.75, 3.05) is 13.1 Å². The molecule has 2 amide bonds. The number of ketones is 1. The summed E-state index contributed by atoms with van der Waals surface area (Å²) in [5.74, 6) is -0.709. The van der Waals surface area contributed by atoms with Crippen molar-refractivity contribution in [1.29, 1.82) is 0 Å². The van der Waals surface area contributed by atoms with Crippen molar-refractivity contribution < 1.29 is 18.8 Å². The fourth-order valence-corrected chi connectivity index (χ4v) is 7.68. The third-order valence-corrected chi connectivity index (χ3v) is 10.4. The van der Waals surface area contributed by atoms with E-state index in [9.17, 15) is 18.8 Å². The lowest BCUT2D eigenvalue weighted by atomic mass is 9.98. The molecule has 49 heavy (non-hydrogen) atoms. The van der Waals surface area contributed by atoms with Gasteiger partial charge in [-0.1, -0.05) is 35.9 Å². The van der Waals surface area contributed by atoms with E-state index in [1.54, 1.807) is 34.1 Å². The van der Waals surface area contributed by atoms with E-state index in [1.165, 1.54) is 13.0 Å². The number of carbonyl (C=O) groups is 3. The van der Waals surface area contributed by atoms with Gasteiger partial charge in [0.25, 0.3) is 0 Å². The van der Waals surface area contributed by atoms with E-state index in [0.717, 1.165) is 48.9 Å². The van der Waals surface area contributed by atoms with Crippen LogP contribution in [0.25, 0.3) is 22.0 Å². The molecule has 7 rings (SSSR count). The quantitative estimate of drug-likeness (QED) is 0.215. The van der Waals surface area contributed by atoms with Crippen molar-refractivity contribution in [1.82, 2.24) is 35.3 Å². The summed E-state index contributed by atoms with van der Waals surface area (Å²) in [5, 5.41) is 11.8. The number of carbonyl (C=O) groups excluding carboxylic acids is 3. The molecule has 1 aliphatic carbocycles. The molecule has 1 saturated heterocycles. The van der Waals surface area contributed by atoms with Gasteiger partial charge in [-0.25, -0.2) is 14.4 Å². The maximum atomic E-state index is 14.6. The average Bonchev–Trinajstić information content (AvgIpc) is 3.48. The van der Waals surface area contributed by atoms with E-state index in [2.05, 4.69) is 38.8 Å². The molecule has 12 heteroatoms. The molecule has 2 aromatic heterocycles. The van der Waals surface area contributed by atoms with Gasteiger partial charge in [-0.3, -0.25) is 19.1 Å². The van der Waals surface area contributed by atoms with E-state index in [-0.39, 0.29) is 58.4 Å². The Balaban J connectivity index is 1.26. The number of rotatable bonds is 5. The Morgan fingerprint density at radius 2 is 1.94 bits per heavy atom. The number of nitrogens with zero attached hydrogens (tertiary/aromatic N) is 5. The number of aryl methyl sites for hydroxylation is 1. The molecule has 0 radical (unpaired) electrons. The zero-order valence-corrected chi connectivity index (χ0v) is 28.4. The predicted octanol–water partition coefficient (Wildman–Crippen LogP) is 5.35. The van der Waals surface area contributed by atoms with Crippen LogP contribution >= 0.6 is 11.6 Å². The van der Waals surface area contributed by atoms with Crippen LogP contribution in [0.2, 0.25) is 5.02 Å². The van der Waals surface area contributed by atoms with Crippen LogP contribution in [-0.2, 0) is 29.1 Å². The van der Waals surface area contributed by atoms with Crippen LogP contribution in [0.1, 0.15) is 66.5 Å². The monoisotopic (exact) mass is 683 g/mol. The largest absolute Gasteiger partial charge is 0.350 e. The average molecular weight is 684 g/mol. The molecule has 1 saturated carbocycles. The van der Waals surface area contributed by atoms with E-state index >= 15 is 0 Å². The van der Waals surface area contributed by atoms with Gasteiger partial charge in [0.15, 0.2) is 5.78 Å². The third-order valence-electron chi connectivity index (χ3n) is 10.1. The Kier molecular flexibility index (Phi) is 9.06. The lowest BCUT2D eigenvalue weighted by Crippen LogP contribution is -2.48. The summed E-state index contributed by atoms with van der Waals surface area (Å²) in [6.45, 7) is 4.68. The molecule has 2 N–H and O–H groups in total. The molecule has 10 nitrogen and oxygen atoms in total. The minimum Gasteiger partial charge on any atom is -0.350 e. The highest BCUT2D eigenvalue weighted by Crippen LogP contribution is 2.59. The number of amides is 2. The Morgan fingerprint density at radius 3 is 2.73 bits per heavy atom. The van der Waals surface area contributed by atoms with E-state index in [0.29, 0.717) is 36.1 Å². The molecule has 2 fully saturated rings. The van der Waals surface area contributed by atoms with Crippen molar-refractivity contribution in [3.05, 3.63) is 88.4 Å².